The molecule has 0 aliphatic rings. The highest BCUT2D eigenvalue weighted by Gasteiger charge is 2.08. The number of rotatable bonds is 8. The predicted molar refractivity (Wildman–Crippen MR) is 74.5 cm³/mol. The molecule has 0 aliphatic heterocycles. The van der Waals surface area contributed by atoms with Crippen molar-refractivity contribution in [3.63, 3.8) is 0 Å². The number of ether oxygens (including phenoxy) is 2. The first-order valence-corrected chi connectivity index (χ1v) is 6.35. The van der Waals surface area contributed by atoms with Gasteiger partial charge < -0.3 is 20.1 Å². The molecule has 0 saturated heterocycles. The molecule has 0 spiro atoms. The minimum Gasteiger partial charge on any atom is -0.497 e. The highest BCUT2D eigenvalue weighted by Crippen LogP contribution is 2.28. The van der Waals surface area contributed by atoms with Crippen molar-refractivity contribution >= 4 is 0 Å². The summed E-state index contributed by atoms with van der Waals surface area (Å²) in [6, 6.07) is 3.96. The summed E-state index contributed by atoms with van der Waals surface area (Å²) in [5.41, 5.74) is 2.37. The van der Waals surface area contributed by atoms with Crippen LogP contribution in [0.1, 0.15) is 18.1 Å². The summed E-state index contributed by atoms with van der Waals surface area (Å²) in [4.78, 5) is 0. The van der Waals surface area contributed by atoms with E-state index in [0.717, 1.165) is 37.7 Å². The fourth-order valence-corrected chi connectivity index (χ4v) is 1.85. The van der Waals surface area contributed by atoms with Crippen LogP contribution in [-0.2, 0) is 6.54 Å². The molecule has 0 aromatic heterocycles. The van der Waals surface area contributed by atoms with E-state index in [1.165, 1.54) is 11.1 Å². The van der Waals surface area contributed by atoms with E-state index >= 15 is 0 Å². The summed E-state index contributed by atoms with van der Waals surface area (Å²) in [5, 5.41) is 6.69. The number of hydrogen-bond donors (Lipinski definition) is 2. The molecule has 4 nitrogen and oxygen atoms in total. The Morgan fingerprint density at radius 2 is 1.78 bits per heavy atom. The van der Waals surface area contributed by atoms with Crippen LogP contribution in [-0.4, -0.2) is 33.9 Å². The Morgan fingerprint density at radius 1 is 1.06 bits per heavy atom. The Kier molecular flexibility index (Phi) is 6.54. The summed E-state index contributed by atoms with van der Waals surface area (Å²) in [6.07, 6.45) is 0. The van der Waals surface area contributed by atoms with Gasteiger partial charge in [-0.1, -0.05) is 6.92 Å². The smallest absolute Gasteiger partial charge is 0.127 e. The molecule has 0 amide bonds. The van der Waals surface area contributed by atoms with Crippen LogP contribution in [0.15, 0.2) is 12.1 Å². The van der Waals surface area contributed by atoms with Crippen molar-refractivity contribution < 1.29 is 9.47 Å². The van der Waals surface area contributed by atoms with E-state index in [-0.39, 0.29) is 0 Å². The first kappa shape index (κ1) is 14.8. The molecule has 2 N–H and O–H groups in total. The lowest BCUT2D eigenvalue weighted by Gasteiger charge is -2.14. The zero-order chi connectivity index (χ0) is 13.4. The molecule has 1 aromatic carbocycles. The Balaban J connectivity index is 2.63. The monoisotopic (exact) mass is 252 g/mol. The van der Waals surface area contributed by atoms with Crippen LogP contribution in [0.3, 0.4) is 0 Å². The van der Waals surface area contributed by atoms with Gasteiger partial charge in [0.15, 0.2) is 0 Å². The molecule has 0 heterocycles. The van der Waals surface area contributed by atoms with Gasteiger partial charge in [0, 0.05) is 31.3 Å². The van der Waals surface area contributed by atoms with Gasteiger partial charge in [0.25, 0.3) is 0 Å². The molecule has 0 fully saturated rings. The lowest BCUT2D eigenvalue weighted by molar-refractivity contribution is 0.389. The topological polar surface area (TPSA) is 42.5 Å². The number of benzene rings is 1. The second-order valence-electron chi connectivity index (χ2n) is 4.16. The van der Waals surface area contributed by atoms with E-state index < -0.39 is 0 Å². The largest absolute Gasteiger partial charge is 0.497 e. The van der Waals surface area contributed by atoms with E-state index in [1.807, 2.05) is 12.1 Å². The molecule has 0 saturated carbocycles. The molecule has 1 rings (SSSR count). The Bertz CT molecular complexity index is 367. The minimum absolute atomic E-state index is 0.810. The van der Waals surface area contributed by atoms with Crippen LogP contribution < -0.4 is 20.1 Å². The lowest BCUT2D eigenvalue weighted by Crippen LogP contribution is -2.27. The number of likely N-dealkylation sites (N-methyl/N-ethyl adjacent to an activating group) is 1. The summed E-state index contributed by atoms with van der Waals surface area (Å²) < 4.78 is 10.7. The normalized spacial score (nSPS) is 10.4. The molecule has 1 aromatic rings. The molecular weight excluding hydrogens is 228 g/mol. The SMILES string of the molecule is CCNCCNCc1c(C)cc(OC)cc1OC. The van der Waals surface area contributed by atoms with Gasteiger partial charge in [0.05, 0.1) is 14.2 Å². The van der Waals surface area contributed by atoms with Gasteiger partial charge in [0.2, 0.25) is 0 Å². The van der Waals surface area contributed by atoms with Gasteiger partial charge in [-0.05, 0) is 25.1 Å². The molecule has 18 heavy (non-hydrogen) atoms. The van der Waals surface area contributed by atoms with Gasteiger partial charge in [-0.25, -0.2) is 0 Å². The third kappa shape index (κ3) is 4.20. The zero-order valence-electron chi connectivity index (χ0n) is 11.8. The van der Waals surface area contributed by atoms with Gasteiger partial charge in [-0.2, -0.15) is 0 Å². The predicted octanol–water partition coefficient (Wildman–Crippen LogP) is 1.71. The van der Waals surface area contributed by atoms with E-state index in [9.17, 15) is 0 Å². The van der Waals surface area contributed by atoms with Crippen LogP contribution in [0.5, 0.6) is 11.5 Å². The Morgan fingerprint density at radius 3 is 2.39 bits per heavy atom. The number of methoxy groups -OCH3 is 2. The molecule has 0 aliphatic carbocycles. The van der Waals surface area contributed by atoms with E-state index in [0.29, 0.717) is 0 Å². The fraction of sp³-hybridized carbons (Fsp3) is 0.571. The molecule has 0 bridgehead atoms. The summed E-state index contributed by atoms with van der Waals surface area (Å²) in [6.45, 7) is 7.93. The first-order valence-electron chi connectivity index (χ1n) is 6.35. The molecular formula is C14H24N2O2. The second-order valence-corrected chi connectivity index (χ2v) is 4.16. The molecule has 0 radical (unpaired) electrons. The van der Waals surface area contributed by atoms with Crippen molar-refractivity contribution in [1.29, 1.82) is 0 Å². The van der Waals surface area contributed by atoms with Crippen LogP contribution in [0.25, 0.3) is 0 Å². The van der Waals surface area contributed by atoms with Crippen molar-refractivity contribution in [2.24, 2.45) is 0 Å². The number of aryl methyl sites for hydroxylation is 1. The standard InChI is InChI=1S/C14H24N2O2/c1-5-15-6-7-16-10-13-11(2)8-12(17-3)9-14(13)18-4/h8-9,15-16H,5-7,10H2,1-4H3. The average Bonchev–Trinajstić information content (AvgIpc) is 2.39. The Hall–Kier alpha value is -1.26. The molecule has 102 valence electrons. The maximum atomic E-state index is 5.41. The number of nitrogens with one attached hydrogen (secondary N) is 2. The van der Waals surface area contributed by atoms with E-state index in [1.54, 1.807) is 14.2 Å². The number of hydrogen-bond acceptors (Lipinski definition) is 4. The zero-order valence-corrected chi connectivity index (χ0v) is 11.8. The highest BCUT2D eigenvalue weighted by molar-refractivity contribution is 5.46. The first-order chi connectivity index (χ1) is 8.72. The molecule has 0 atom stereocenters. The molecule has 0 unspecified atom stereocenters. The van der Waals surface area contributed by atoms with Crippen molar-refractivity contribution in [2.45, 2.75) is 20.4 Å². The lowest BCUT2D eigenvalue weighted by atomic mass is 10.1. The fourth-order valence-electron chi connectivity index (χ4n) is 1.85. The molecule has 4 heteroatoms. The highest BCUT2D eigenvalue weighted by atomic mass is 16.5. The summed E-state index contributed by atoms with van der Waals surface area (Å²) in [7, 11) is 3.36. The van der Waals surface area contributed by atoms with Crippen LogP contribution in [0, 0.1) is 6.92 Å². The van der Waals surface area contributed by atoms with Crippen molar-refractivity contribution in [1.82, 2.24) is 10.6 Å². The summed E-state index contributed by atoms with van der Waals surface area (Å²) >= 11 is 0. The average molecular weight is 252 g/mol. The van der Waals surface area contributed by atoms with Crippen LogP contribution >= 0.6 is 0 Å². The van der Waals surface area contributed by atoms with Gasteiger partial charge >= 0.3 is 0 Å². The van der Waals surface area contributed by atoms with Crippen molar-refractivity contribution in [2.75, 3.05) is 33.9 Å². The maximum Gasteiger partial charge on any atom is 0.127 e. The Labute approximate surface area is 110 Å². The van der Waals surface area contributed by atoms with Crippen molar-refractivity contribution in [3.8, 4) is 11.5 Å². The second kappa shape index (κ2) is 7.95. The van der Waals surface area contributed by atoms with E-state index in [2.05, 4.69) is 24.5 Å². The van der Waals surface area contributed by atoms with Crippen molar-refractivity contribution in [3.05, 3.63) is 23.3 Å². The maximum absolute atomic E-state index is 5.41. The quantitative estimate of drug-likeness (QED) is 0.691. The van der Waals surface area contributed by atoms with Crippen LogP contribution in [0.4, 0.5) is 0 Å². The third-order valence-electron chi connectivity index (χ3n) is 2.89. The van der Waals surface area contributed by atoms with Gasteiger partial charge in [-0.15, -0.1) is 0 Å². The van der Waals surface area contributed by atoms with Gasteiger partial charge in [0.1, 0.15) is 11.5 Å². The summed E-state index contributed by atoms with van der Waals surface area (Å²) in [5.74, 6) is 1.71. The minimum atomic E-state index is 0.810. The third-order valence-corrected chi connectivity index (χ3v) is 2.89. The van der Waals surface area contributed by atoms with Crippen LogP contribution in [0.2, 0.25) is 0 Å². The van der Waals surface area contributed by atoms with E-state index in [4.69, 9.17) is 9.47 Å². The van der Waals surface area contributed by atoms with Gasteiger partial charge in [-0.3, -0.25) is 0 Å².